The van der Waals surface area contributed by atoms with Crippen molar-refractivity contribution in [1.29, 1.82) is 0 Å². The maximum absolute atomic E-state index is 6.03. The van der Waals surface area contributed by atoms with Crippen molar-refractivity contribution in [3.63, 3.8) is 0 Å². The molecule has 1 aliphatic rings. The number of nitrogens with two attached hydrogens (primary N) is 1. The third-order valence-electron chi connectivity index (χ3n) is 4.07. The molecule has 110 valence electrons. The second kappa shape index (κ2) is 6.00. The van der Waals surface area contributed by atoms with Crippen LogP contribution in [0.1, 0.15) is 5.56 Å². The quantitative estimate of drug-likeness (QED) is 0.880. The molecule has 2 N–H and O–H groups in total. The first-order valence-electron chi connectivity index (χ1n) is 7.20. The summed E-state index contributed by atoms with van der Waals surface area (Å²) in [7, 11) is 2.15. The largest absolute Gasteiger partial charge is 0.371 e. The number of rotatable bonds is 3. The highest BCUT2D eigenvalue weighted by Gasteiger charge is 2.23. The van der Waals surface area contributed by atoms with Gasteiger partial charge in [0.05, 0.1) is 11.4 Å². The maximum Gasteiger partial charge on any atom is 0.0649 e. The number of nitrogens with zero attached hydrogens (tertiary/aromatic N) is 2. The lowest BCUT2D eigenvalue weighted by atomic mass is 10.1. The van der Waals surface area contributed by atoms with Gasteiger partial charge in [0, 0.05) is 42.8 Å². The van der Waals surface area contributed by atoms with E-state index >= 15 is 0 Å². The van der Waals surface area contributed by atoms with Crippen molar-refractivity contribution in [2.75, 3.05) is 36.2 Å². The van der Waals surface area contributed by atoms with Gasteiger partial charge in [-0.1, -0.05) is 18.2 Å². The molecule has 21 heavy (non-hydrogen) atoms. The average Bonchev–Trinajstić information content (AvgIpc) is 2.54. The van der Waals surface area contributed by atoms with Gasteiger partial charge in [-0.05, 0) is 30.5 Å². The van der Waals surface area contributed by atoms with E-state index in [1.54, 1.807) is 11.8 Å². The van der Waals surface area contributed by atoms with Crippen molar-refractivity contribution in [3.8, 4) is 0 Å². The Hall–Kier alpha value is -1.65. The normalized spacial score (nSPS) is 14.2. The van der Waals surface area contributed by atoms with Crippen LogP contribution in [-0.2, 0) is 6.54 Å². The average molecular weight is 299 g/mol. The molecule has 0 saturated heterocycles. The van der Waals surface area contributed by atoms with Crippen LogP contribution in [0.2, 0.25) is 0 Å². The topological polar surface area (TPSA) is 32.5 Å². The standard InChI is InChI=1S/C17H21N3S/c1-19-10-11-20(16-7-4-3-6-15(16)19)14-8-5-9-17(21-2)13(14)12-18/h3-9H,10-12,18H2,1-2H3. The highest BCUT2D eigenvalue weighted by atomic mass is 32.2. The molecule has 0 unspecified atom stereocenters. The smallest absolute Gasteiger partial charge is 0.0649 e. The zero-order valence-corrected chi connectivity index (χ0v) is 13.4. The minimum absolute atomic E-state index is 0.570. The highest BCUT2D eigenvalue weighted by molar-refractivity contribution is 7.98. The predicted octanol–water partition coefficient (Wildman–Crippen LogP) is 3.46. The van der Waals surface area contributed by atoms with Crippen LogP contribution < -0.4 is 15.5 Å². The summed E-state index contributed by atoms with van der Waals surface area (Å²) in [6.07, 6.45) is 2.11. The van der Waals surface area contributed by atoms with Crippen molar-refractivity contribution in [2.24, 2.45) is 5.73 Å². The van der Waals surface area contributed by atoms with E-state index in [0.29, 0.717) is 6.54 Å². The first-order valence-corrected chi connectivity index (χ1v) is 8.42. The lowest BCUT2D eigenvalue weighted by Gasteiger charge is -2.38. The molecule has 3 rings (SSSR count). The van der Waals surface area contributed by atoms with Crippen LogP contribution in [0.25, 0.3) is 0 Å². The SMILES string of the molecule is CSc1cccc(N2CCN(C)c3ccccc32)c1CN. The van der Waals surface area contributed by atoms with Gasteiger partial charge in [-0.15, -0.1) is 11.8 Å². The minimum atomic E-state index is 0.570. The molecule has 0 fully saturated rings. The van der Waals surface area contributed by atoms with Crippen LogP contribution >= 0.6 is 11.8 Å². The first kappa shape index (κ1) is 14.3. The maximum atomic E-state index is 6.03. The summed E-state index contributed by atoms with van der Waals surface area (Å²) in [6.45, 7) is 2.57. The molecule has 0 aromatic heterocycles. The number of anilines is 3. The van der Waals surface area contributed by atoms with Crippen LogP contribution in [0.15, 0.2) is 47.4 Å². The van der Waals surface area contributed by atoms with Crippen LogP contribution in [-0.4, -0.2) is 26.4 Å². The molecule has 0 spiro atoms. The monoisotopic (exact) mass is 299 g/mol. The van der Waals surface area contributed by atoms with Crippen molar-refractivity contribution in [2.45, 2.75) is 11.4 Å². The van der Waals surface area contributed by atoms with Crippen molar-refractivity contribution in [1.82, 2.24) is 0 Å². The van der Waals surface area contributed by atoms with E-state index in [4.69, 9.17) is 5.73 Å². The Balaban J connectivity index is 2.12. The van der Waals surface area contributed by atoms with E-state index in [2.05, 4.69) is 65.6 Å². The van der Waals surface area contributed by atoms with E-state index in [-0.39, 0.29) is 0 Å². The molecule has 1 aliphatic heterocycles. The Kier molecular flexibility index (Phi) is 4.08. The van der Waals surface area contributed by atoms with Gasteiger partial charge in [0.15, 0.2) is 0 Å². The van der Waals surface area contributed by atoms with E-state index in [1.807, 2.05) is 0 Å². The molecule has 0 radical (unpaired) electrons. The molecule has 0 amide bonds. The Morgan fingerprint density at radius 3 is 2.43 bits per heavy atom. The molecule has 3 nitrogen and oxygen atoms in total. The Morgan fingerprint density at radius 2 is 1.71 bits per heavy atom. The zero-order chi connectivity index (χ0) is 14.8. The number of hydrogen-bond acceptors (Lipinski definition) is 4. The zero-order valence-electron chi connectivity index (χ0n) is 12.5. The van der Waals surface area contributed by atoms with Crippen LogP contribution in [0, 0.1) is 0 Å². The molecule has 0 aliphatic carbocycles. The first-order chi connectivity index (χ1) is 10.3. The molecule has 0 bridgehead atoms. The summed E-state index contributed by atoms with van der Waals surface area (Å²) < 4.78 is 0. The minimum Gasteiger partial charge on any atom is -0.371 e. The second-order valence-corrected chi connectivity index (χ2v) is 6.07. The van der Waals surface area contributed by atoms with Gasteiger partial charge in [0.25, 0.3) is 0 Å². The summed E-state index contributed by atoms with van der Waals surface area (Å²) in [6, 6.07) is 15.0. The molecular formula is C17H21N3S. The summed E-state index contributed by atoms with van der Waals surface area (Å²) >= 11 is 1.76. The van der Waals surface area contributed by atoms with Crippen LogP contribution in [0.4, 0.5) is 17.1 Å². The Bertz CT molecular complexity index is 642. The van der Waals surface area contributed by atoms with Crippen molar-refractivity contribution in [3.05, 3.63) is 48.0 Å². The third kappa shape index (κ3) is 2.49. The number of benzene rings is 2. The van der Waals surface area contributed by atoms with E-state index in [9.17, 15) is 0 Å². The Morgan fingerprint density at radius 1 is 1.00 bits per heavy atom. The summed E-state index contributed by atoms with van der Waals surface area (Å²) in [5, 5.41) is 0. The third-order valence-corrected chi connectivity index (χ3v) is 4.89. The fourth-order valence-electron chi connectivity index (χ4n) is 2.96. The van der Waals surface area contributed by atoms with Gasteiger partial charge < -0.3 is 15.5 Å². The second-order valence-electron chi connectivity index (χ2n) is 5.22. The molecule has 2 aromatic rings. The van der Waals surface area contributed by atoms with Gasteiger partial charge in [0.1, 0.15) is 0 Å². The fraction of sp³-hybridized carbons (Fsp3) is 0.294. The molecular weight excluding hydrogens is 278 g/mol. The highest BCUT2D eigenvalue weighted by Crippen LogP contribution is 2.39. The van der Waals surface area contributed by atoms with Crippen molar-refractivity contribution < 1.29 is 0 Å². The molecule has 4 heteroatoms. The number of fused-ring (bicyclic) bond motifs is 1. The number of thioether (sulfide) groups is 1. The van der Waals surface area contributed by atoms with Gasteiger partial charge in [0.2, 0.25) is 0 Å². The summed E-state index contributed by atoms with van der Waals surface area (Å²) in [4.78, 5) is 5.98. The number of likely N-dealkylation sites (N-methyl/N-ethyl adjacent to an activating group) is 1. The molecule has 2 aromatic carbocycles. The summed E-state index contributed by atoms with van der Waals surface area (Å²) in [5.74, 6) is 0. The lowest BCUT2D eigenvalue weighted by molar-refractivity contribution is 0.815. The van der Waals surface area contributed by atoms with Crippen LogP contribution in [0.5, 0.6) is 0 Å². The van der Waals surface area contributed by atoms with E-state index < -0.39 is 0 Å². The molecule has 0 saturated carbocycles. The van der Waals surface area contributed by atoms with Gasteiger partial charge >= 0.3 is 0 Å². The van der Waals surface area contributed by atoms with Crippen molar-refractivity contribution >= 4 is 28.8 Å². The Labute approximate surface area is 130 Å². The number of para-hydroxylation sites is 2. The molecule has 1 heterocycles. The van der Waals surface area contributed by atoms with Gasteiger partial charge in [-0.2, -0.15) is 0 Å². The van der Waals surface area contributed by atoms with E-state index in [1.165, 1.54) is 27.5 Å². The van der Waals surface area contributed by atoms with E-state index in [0.717, 1.165) is 13.1 Å². The van der Waals surface area contributed by atoms with Crippen LogP contribution in [0.3, 0.4) is 0 Å². The fourth-order valence-corrected chi connectivity index (χ4v) is 3.61. The molecule has 0 atom stereocenters. The summed E-state index contributed by atoms with van der Waals surface area (Å²) in [5.41, 5.74) is 11.1. The van der Waals surface area contributed by atoms with Gasteiger partial charge in [-0.25, -0.2) is 0 Å². The lowest BCUT2D eigenvalue weighted by Crippen LogP contribution is -2.37. The number of hydrogen-bond donors (Lipinski definition) is 1. The predicted molar refractivity (Wildman–Crippen MR) is 92.8 cm³/mol. The van der Waals surface area contributed by atoms with Gasteiger partial charge in [-0.3, -0.25) is 0 Å².